The van der Waals surface area contributed by atoms with Crippen molar-refractivity contribution in [1.29, 1.82) is 0 Å². The van der Waals surface area contributed by atoms with Gasteiger partial charge in [0.05, 0.1) is 11.0 Å². The van der Waals surface area contributed by atoms with Gasteiger partial charge < -0.3 is 9.47 Å². The molecule has 10 aromatic carbocycles. The fourth-order valence-corrected chi connectivity index (χ4v) is 10.1. The first-order chi connectivity index (χ1) is 33.1. The van der Waals surface area contributed by atoms with Crippen LogP contribution in [-0.4, -0.2) is 4.57 Å². The molecule has 0 N–H and O–H groups in total. The van der Waals surface area contributed by atoms with Gasteiger partial charge in [-0.2, -0.15) is 0 Å². The number of benzene rings is 10. The molecular formula is C65H48N2. The summed E-state index contributed by atoms with van der Waals surface area (Å²) in [6.07, 6.45) is 5.67. The molecule has 318 valence electrons. The number of fused-ring (bicyclic) bond motifs is 4. The largest absolute Gasteiger partial charge is 0.310 e. The van der Waals surface area contributed by atoms with Gasteiger partial charge in [-0.25, -0.2) is 0 Å². The Hall–Kier alpha value is -8.46. The Labute approximate surface area is 393 Å². The van der Waals surface area contributed by atoms with Gasteiger partial charge in [-0.05, 0) is 146 Å². The molecule has 0 aliphatic heterocycles. The molecule has 1 atom stereocenters. The number of rotatable bonds is 9. The van der Waals surface area contributed by atoms with Crippen molar-refractivity contribution in [2.75, 3.05) is 4.90 Å². The summed E-state index contributed by atoms with van der Waals surface area (Å²) < 4.78 is 2.43. The normalized spacial score (nSPS) is 13.2. The van der Waals surface area contributed by atoms with E-state index >= 15 is 0 Å². The summed E-state index contributed by atoms with van der Waals surface area (Å²) in [6, 6.07) is 88.8. The Balaban J connectivity index is 0.996. The van der Waals surface area contributed by atoms with E-state index < -0.39 is 0 Å². The van der Waals surface area contributed by atoms with Crippen LogP contribution in [-0.2, 0) is 6.42 Å². The summed E-state index contributed by atoms with van der Waals surface area (Å²) in [7, 11) is 0. The van der Waals surface area contributed by atoms with Crippen molar-refractivity contribution in [2.24, 2.45) is 5.92 Å². The van der Waals surface area contributed by atoms with E-state index in [1.165, 1.54) is 83.0 Å². The Morgan fingerprint density at radius 3 is 1.57 bits per heavy atom. The number of allylic oxidation sites excluding steroid dienone is 1. The summed E-state index contributed by atoms with van der Waals surface area (Å²) in [5, 5.41) is 2.47. The Morgan fingerprint density at radius 2 is 0.910 bits per heavy atom. The van der Waals surface area contributed by atoms with E-state index in [4.69, 9.17) is 0 Å². The molecule has 1 heterocycles. The van der Waals surface area contributed by atoms with Gasteiger partial charge in [0.25, 0.3) is 0 Å². The second-order valence-electron chi connectivity index (χ2n) is 17.8. The van der Waals surface area contributed by atoms with Crippen LogP contribution in [0.4, 0.5) is 17.1 Å². The van der Waals surface area contributed by atoms with E-state index in [-0.39, 0.29) is 0 Å². The van der Waals surface area contributed by atoms with E-state index in [1.54, 1.807) is 0 Å². The number of hydrogen-bond acceptors (Lipinski definition) is 1. The SMILES string of the molecule is CC1C=Cc2ccc(-c3ccc(N(c4ccc(-c5ccc(-c6ccccc6)cc5)cc4)c4cccc(-c5cc(-c6ccccc6)cc6c5c5ccccc5n6-c5ccccc5)c4)cc3)cc2C1. The van der Waals surface area contributed by atoms with Gasteiger partial charge in [-0.15, -0.1) is 0 Å². The van der Waals surface area contributed by atoms with E-state index in [1.807, 2.05) is 0 Å². The quantitative estimate of drug-likeness (QED) is 0.140. The van der Waals surface area contributed by atoms with Crippen molar-refractivity contribution in [3.05, 3.63) is 260 Å². The predicted octanol–water partition coefficient (Wildman–Crippen LogP) is 17.8. The summed E-state index contributed by atoms with van der Waals surface area (Å²) in [5.74, 6) is 0.550. The molecule has 67 heavy (non-hydrogen) atoms. The van der Waals surface area contributed by atoms with Crippen molar-refractivity contribution in [3.63, 3.8) is 0 Å². The van der Waals surface area contributed by atoms with Crippen LogP contribution in [0.2, 0.25) is 0 Å². The van der Waals surface area contributed by atoms with Crippen molar-refractivity contribution < 1.29 is 0 Å². The van der Waals surface area contributed by atoms with Crippen LogP contribution in [0, 0.1) is 5.92 Å². The molecule has 1 aliphatic rings. The van der Waals surface area contributed by atoms with Crippen LogP contribution in [0.3, 0.4) is 0 Å². The zero-order valence-corrected chi connectivity index (χ0v) is 37.4. The topological polar surface area (TPSA) is 8.17 Å². The number of hydrogen-bond donors (Lipinski definition) is 0. The fourth-order valence-electron chi connectivity index (χ4n) is 10.1. The highest BCUT2D eigenvalue weighted by atomic mass is 15.1. The van der Waals surface area contributed by atoms with Gasteiger partial charge in [-0.3, -0.25) is 0 Å². The smallest absolute Gasteiger partial charge is 0.0553 e. The second kappa shape index (κ2) is 17.2. The highest BCUT2D eigenvalue weighted by molar-refractivity contribution is 6.17. The highest BCUT2D eigenvalue weighted by Gasteiger charge is 2.21. The average molecular weight is 857 g/mol. The van der Waals surface area contributed by atoms with Crippen LogP contribution >= 0.6 is 0 Å². The average Bonchev–Trinajstić information content (AvgIpc) is 3.74. The maximum atomic E-state index is 2.43. The first-order valence-electron chi connectivity index (χ1n) is 23.4. The van der Waals surface area contributed by atoms with Crippen molar-refractivity contribution >= 4 is 44.9 Å². The minimum Gasteiger partial charge on any atom is -0.310 e. The molecule has 0 fully saturated rings. The lowest BCUT2D eigenvalue weighted by Gasteiger charge is -2.27. The van der Waals surface area contributed by atoms with Crippen LogP contribution in [0.5, 0.6) is 0 Å². The maximum absolute atomic E-state index is 2.43. The van der Waals surface area contributed by atoms with Crippen molar-refractivity contribution in [3.8, 4) is 61.3 Å². The molecule has 0 saturated carbocycles. The summed E-state index contributed by atoms with van der Waals surface area (Å²) in [6.45, 7) is 2.30. The fraction of sp³-hybridized carbons (Fsp3) is 0.0462. The van der Waals surface area contributed by atoms with Gasteiger partial charge in [0.1, 0.15) is 0 Å². The minimum absolute atomic E-state index is 0.550. The van der Waals surface area contributed by atoms with Crippen molar-refractivity contribution in [2.45, 2.75) is 13.3 Å². The molecule has 1 unspecified atom stereocenters. The number of aromatic nitrogens is 1. The summed E-state index contributed by atoms with van der Waals surface area (Å²) in [4.78, 5) is 2.40. The molecule has 2 nitrogen and oxygen atoms in total. The summed E-state index contributed by atoms with van der Waals surface area (Å²) in [5.41, 5.74) is 21.5. The van der Waals surface area contributed by atoms with E-state index in [0.29, 0.717) is 5.92 Å². The third-order valence-corrected chi connectivity index (χ3v) is 13.5. The minimum atomic E-state index is 0.550. The molecule has 1 aromatic heterocycles. The van der Waals surface area contributed by atoms with E-state index in [9.17, 15) is 0 Å². The van der Waals surface area contributed by atoms with Crippen LogP contribution in [0.25, 0.3) is 89.2 Å². The van der Waals surface area contributed by atoms with Crippen LogP contribution in [0.15, 0.2) is 249 Å². The molecule has 12 rings (SSSR count). The Kier molecular flexibility index (Phi) is 10.3. The van der Waals surface area contributed by atoms with Crippen LogP contribution < -0.4 is 4.90 Å². The maximum Gasteiger partial charge on any atom is 0.0553 e. The standard InChI is InChI=1S/C65H48N2/c1-45-24-25-52-30-31-53(41-55(52)40-45)51-34-38-59(39-35-51)66(58-36-32-50(33-37-58)49-28-26-48(27-29-49)46-14-5-2-6-15-46)60-21-13-18-54(42-60)62-43-56(47-16-7-3-8-17-47)44-64-65(62)61-22-11-12-23-63(61)67(64)57-19-9-4-10-20-57/h2-39,41-45H,40H2,1H3. The first-order valence-corrected chi connectivity index (χ1v) is 23.4. The van der Waals surface area contributed by atoms with Gasteiger partial charge in [0.15, 0.2) is 0 Å². The molecule has 0 radical (unpaired) electrons. The molecule has 2 heteroatoms. The second-order valence-corrected chi connectivity index (χ2v) is 17.8. The lowest BCUT2D eigenvalue weighted by Crippen LogP contribution is -2.10. The number of anilines is 3. The molecule has 11 aromatic rings. The zero-order chi connectivity index (χ0) is 44.7. The Bertz CT molecular complexity index is 3570. The lowest BCUT2D eigenvalue weighted by atomic mass is 9.88. The van der Waals surface area contributed by atoms with Crippen molar-refractivity contribution in [1.82, 2.24) is 4.57 Å². The number of nitrogens with zero attached hydrogens (tertiary/aromatic N) is 2. The van der Waals surface area contributed by atoms with Gasteiger partial charge in [0, 0.05) is 33.5 Å². The lowest BCUT2D eigenvalue weighted by molar-refractivity contribution is 0.717. The number of para-hydroxylation sites is 2. The predicted molar refractivity (Wildman–Crippen MR) is 285 cm³/mol. The third-order valence-electron chi connectivity index (χ3n) is 13.5. The van der Waals surface area contributed by atoms with Gasteiger partial charge in [-0.1, -0.05) is 195 Å². The van der Waals surface area contributed by atoms with Crippen LogP contribution in [0.1, 0.15) is 18.1 Å². The molecule has 0 saturated heterocycles. The van der Waals surface area contributed by atoms with Gasteiger partial charge in [0.2, 0.25) is 0 Å². The molecule has 1 aliphatic carbocycles. The molecule has 0 amide bonds. The third kappa shape index (κ3) is 7.63. The summed E-state index contributed by atoms with van der Waals surface area (Å²) >= 11 is 0. The zero-order valence-electron chi connectivity index (χ0n) is 37.4. The van der Waals surface area contributed by atoms with E-state index in [2.05, 4.69) is 271 Å². The van der Waals surface area contributed by atoms with Gasteiger partial charge >= 0.3 is 0 Å². The highest BCUT2D eigenvalue weighted by Crippen LogP contribution is 2.44. The molecule has 0 bridgehead atoms. The molecular weight excluding hydrogens is 809 g/mol. The molecule has 0 spiro atoms. The van der Waals surface area contributed by atoms with E-state index in [0.717, 1.165) is 34.7 Å². The monoisotopic (exact) mass is 856 g/mol. The first kappa shape index (κ1) is 40.1. The Morgan fingerprint density at radius 1 is 0.388 bits per heavy atom.